The smallest absolute Gasteiger partial charge is 0.254 e. The molecule has 1 heterocycles. The normalized spacial score (nSPS) is 11.5. The second kappa shape index (κ2) is 5.47. The number of nitrogens with one attached hydrogen (secondary N) is 1. The largest absolute Gasteiger partial charge is 0.386 e. The van der Waals surface area contributed by atoms with Gasteiger partial charge in [-0.15, -0.1) is 0 Å². The monoisotopic (exact) mass is 304 g/mol. The third-order valence-electron chi connectivity index (χ3n) is 3.27. The van der Waals surface area contributed by atoms with E-state index in [2.05, 4.69) is 16.5 Å². The van der Waals surface area contributed by atoms with Crippen molar-refractivity contribution in [3.05, 3.63) is 58.0 Å². The van der Waals surface area contributed by atoms with E-state index in [0.717, 1.165) is 11.1 Å². The van der Waals surface area contributed by atoms with Crippen LogP contribution in [0.15, 0.2) is 35.6 Å². The van der Waals surface area contributed by atoms with E-state index in [-0.39, 0.29) is 10.6 Å². The minimum absolute atomic E-state index is 0.230. The molecule has 0 aliphatic carbocycles. The van der Waals surface area contributed by atoms with Crippen molar-refractivity contribution >= 4 is 16.6 Å². The maximum Gasteiger partial charge on any atom is 0.254 e. The molecule has 2 rings (SSSR count). The fourth-order valence-corrected chi connectivity index (χ4v) is 2.15. The first-order valence-corrected chi connectivity index (χ1v) is 6.87. The molecule has 0 amide bonds. The van der Waals surface area contributed by atoms with Gasteiger partial charge in [0.25, 0.3) is 5.56 Å². The van der Waals surface area contributed by atoms with Gasteiger partial charge in [-0.3, -0.25) is 4.79 Å². The number of nitrogens with zero attached hydrogens (tertiary/aromatic N) is 1. The molecule has 21 heavy (non-hydrogen) atoms. The molecule has 110 valence electrons. The Morgan fingerprint density at radius 3 is 2.38 bits per heavy atom. The lowest BCUT2D eigenvalue weighted by Crippen LogP contribution is -2.16. The van der Waals surface area contributed by atoms with E-state index in [1.54, 1.807) is 45.0 Å². The fourth-order valence-electron chi connectivity index (χ4n) is 1.97. The van der Waals surface area contributed by atoms with Gasteiger partial charge in [-0.2, -0.15) is 0 Å². The third-order valence-corrected chi connectivity index (χ3v) is 3.45. The first-order valence-electron chi connectivity index (χ1n) is 6.49. The minimum Gasteiger partial charge on any atom is -0.386 e. The van der Waals surface area contributed by atoms with Gasteiger partial charge in [0, 0.05) is 11.1 Å². The molecule has 0 atom stereocenters. The highest BCUT2D eigenvalue weighted by Crippen LogP contribution is 2.24. The topological polar surface area (TPSA) is 66.0 Å². The molecule has 0 aliphatic heterocycles. The van der Waals surface area contributed by atoms with Crippen molar-refractivity contribution < 1.29 is 5.11 Å². The maximum absolute atomic E-state index is 11.9. The summed E-state index contributed by atoms with van der Waals surface area (Å²) in [5.74, 6) is 0.421. The summed E-state index contributed by atoms with van der Waals surface area (Å²) in [5.41, 5.74) is 1.18. The van der Waals surface area contributed by atoms with Gasteiger partial charge in [-0.05, 0) is 26.3 Å². The lowest BCUT2D eigenvalue weighted by atomic mass is 9.97. The Hall–Kier alpha value is -1.91. The molecule has 1 aromatic carbocycles. The number of hydrogen-bond donors (Lipinski definition) is 2. The summed E-state index contributed by atoms with van der Waals surface area (Å²) in [6.45, 7) is 8.70. The van der Waals surface area contributed by atoms with Crippen molar-refractivity contribution in [2.24, 2.45) is 0 Å². The molecule has 5 heteroatoms. The Kier molecular flexibility index (Phi) is 4.03. The van der Waals surface area contributed by atoms with Gasteiger partial charge in [0.05, 0.1) is 16.3 Å². The van der Waals surface area contributed by atoms with Crippen molar-refractivity contribution in [2.45, 2.75) is 26.4 Å². The van der Waals surface area contributed by atoms with Crippen molar-refractivity contribution in [1.82, 2.24) is 9.97 Å². The van der Waals surface area contributed by atoms with Gasteiger partial charge < -0.3 is 10.1 Å². The Bertz CT molecular complexity index is 740. The molecule has 0 aliphatic rings. The van der Waals surface area contributed by atoms with Gasteiger partial charge in [-0.25, -0.2) is 4.98 Å². The number of halogens is 1. The average molecular weight is 305 g/mol. The molecule has 2 N–H and O–H groups in total. The molecule has 2 aromatic rings. The highest BCUT2D eigenvalue weighted by molar-refractivity contribution is 6.48. The molecule has 0 bridgehead atoms. The lowest BCUT2D eigenvalue weighted by Gasteiger charge is -2.17. The molecule has 1 aromatic heterocycles. The highest BCUT2D eigenvalue weighted by atomic mass is 35.5. The van der Waals surface area contributed by atoms with Crippen LogP contribution in [0.2, 0.25) is 0 Å². The summed E-state index contributed by atoms with van der Waals surface area (Å²) in [5, 5.41) is 10.2. The number of aromatic nitrogens is 2. The van der Waals surface area contributed by atoms with Crippen LogP contribution in [-0.4, -0.2) is 15.1 Å². The summed E-state index contributed by atoms with van der Waals surface area (Å²) in [6, 6.07) is 7.18. The van der Waals surface area contributed by atoms with E-state index in [1.807, 2.05) is 0 Å². The summed E-state index contributed by atoms with van der Waals surface area (Å²) in [7, 11) is 0. The molecule has 0 saturated heterocycles. The molecule has 0 saturated carbocycles. The molecular formula is C16H17ClN2O2. The van der Waals surface area contributed by atoms with E-state index in [1.165, 1.54) is 0 Å². The highest BCUT2D eigenvalue weighted by Gasteiger charge is 2.16. The van der Waals surface area contributed by atoms with Crippen molar-refractivity contribution in [3.63, 3.8) is 0 Å². The number of aromatic amines is 1. The van der Waals surface area contributed by atoms with Crippen LogP contribution in [0.4, 0.5) is 0 Å². The summed E-state index contributed by atoms with van der Waals surface area (Å²) >= 11 is 5.88. The van der Waals surface area contributed by atoms with Gasteiger partial charge in [0.15, 0.2) is 0 Å². The van der Waals surface area contributed by atoms with Crippen LogP contribution >= 0.6 is 11.6 Å². The average Bonchev–Trinajstić information content (AvgIpc) is 2.40. The number of benzene rings is 1. The number of rotatable bonds is 3. The molecule has 0 unspecified atom stereocenters. The van der Waals surface area contributed by atoms with Gasteiger partial charge in [-0.1, -0.05) is 42.4 Å². The quantitative estimate of drug-likeness (QED) is 0.915. The fraction of sp³-hybridized carbons (Fsp3) is 0.250. The maximum atomic E-state index is 11.9. The van der Waals surface area contributed by atoms with Crippen LogP contribution < -0.4 is 5.56 Å². The van der Waals surface area contributed by atoms with Crippen LogP contribution in [0, 0.1) is 6.92 Å². The Morgan fingerprint density at radius 1 is 1.33 bits per heavy atom. The molecular weight excluding hydrogens is 288 g/mol. The second-order valence-electron chi connectivity index (χ2n) is 5.43. The van der Waals surface area contributed by atoms with Crippen LogP contribution in [0.3, 0.4) is 0 Å². The number of H-pyrrole nitrogens is 1. The number of aliphatic hydroxyl groups is 1. The molecule has 0 spiro atoms. The molecule has 0 fully saturated rings. The lowest BCUT2D eigenvalue weighted by molar-refractivity contribution is 0.0786. The van der Waals surface area contributed by atoms with Gasteiger partial charge in [0.1, 0.15) is 5.82 Å². The van der Waals surface area contributed by atoms with E-state index < -0.39 is 5.60 Å². The summed E-state index contributed by atoms with van der Waals surface area (Å²) in [6.07, 6.45) is 0. The molecule has 4 nitrogen and oxygen atoms in total. The van der Waals surface area contributed by atoms with Crippen molar-refractivity contribution in [2.75, 3.05) is 0 Å². The second-order valence-corrected chi connectivity index (χ2v) is 5.89. The standard InChI is InChI=1S/C16H17ClN2O2/c1-9-13(10(2)17)18-14(19-15(9)20)11-5-7-12(8-6-11)16(3,4)21/h5-8,21H,2H2,1,3-4H3,(H,18,19,20). The SMILES string of the molecule is C=C(Cl)c1nc(-c2ccc(C(C)(C)O)cc2)[nH]c(=O)c1C. The van der Waals surface area contributed by atoms with E-state index in [4.69, 9.17) is 11.6 Å². The first-order chi connectivity index (χ1) is 9.70. The minimum atomic E-state index is -0.914. The van der Waals surface area contributed by atoms with Crippen molar-refractivity contribution in [3.8, 4) is 11.4 Å². The van der Waals surface area contributed by atoms with Crippen LogP contribution in [-0.2, 0) is 5.60 Å². The van der Waals surface area contributed by atoms with Crippen LogP contribution in [0.5, 0.6) is 0 Å². The van der Waals surface area contributed by atoms with Crippen molar-refractivity contribution in [1.29, 1.82) is 0 Å². The van der Waals surface area contributed by atoms with Crippen LogP contribution in [0.1, 0.15) is 30.7 Å². The van der Waals surface area contributed by atoms with E-state index in [0.29, 0.717) is 17.1 Å². The zero-order valence-corrected chi connectivity index (χ0v) is 13.0. The summed E-state index contributed by atoms with van der Waals surface area (Å²) < 4.78 is 0. The summed E-state index contributed by atoms with van der Waals surface area (Å²) in [4.78, 5) is 19.0. The molecule has 0 radical (unpaired) electrons. The van der Waals surface area contributed by atoms with E-state index in [9.17, 15) is 9.90 Å². The van der Waals surface area contributed by atoms with E-state index >= 15 is 0 Å². The van der Waals surface area contributed by atoms with Crippen LogP contribution in [0.25, 0.3) is 16.4 Å². The van der Waals surface area contributed by atoms with Gasteiger partial charge in [0.2, 0.25) is 0 Å². The number of hydrogen-bond acceptors (Lipinski definition) is 3. The Morgan fingerprint density at radius 2 is 1.90 bits per heavy atom. The first kappa shape index (κ1) is 15.5. The van der Waals surface area contributed by atoms with Gasteiger partial charge >= 0.3 is 0 Å². The zero-order valence-electron chi connectivity index (χ0n) is 12.2. The Labute approximate surface area is 128 Å². The third kappa shape index (κ3) is 3.23. The predicted molar refractivity (Wildman–Crippen MR) is 85.2 cm³/mol. The Balaban J connectivity index is 2.53. The predicted octanol–water partition coefficient (Wildman–Crippen LogP) is 3.18. The zero-order chi connectivity index (χ0) is 15.8.